The van der Waals surface area contributed by atoms with E-state index in [1.807, 2.05) is 49.1 Å². The van der Waals surface area contributed by atoms with Gasteiger partial charge in [-0.1, -0.05) is 48.5 Å². The molecule has 0 fully saturated rings. The van der Waals surface area contributed by atoms with Crippen molar-refractivity contribution >= 4 is 5.91 Å². The molecule has 26 heavy (non-hydrogen) atoms. The summed E-state index contributed by atoms with van der Waals surface area (Å²) in [5, 5.41) is 0. The molecule has 2 aromatic carbocycles. The van der Waals surface area contributed by atoms with Crippen LogP contribution in [-0.4, -0.2) is 28.9 Å². The molecule has 1 aromatic heterocycles. The highest BCUT2D eigenvalue weighted by Gasteiger charge is 2.21. The molecule has 0 spiro atoms. The second-order valence-corrected chi connectivity index (χ2v) is 6.24. The number of carbonyl (C=O) groups is 1. The molecular weight excluding hydrogens is 320 g/mol. The van der Waals surface area contributed by atoms with Gasteiger partial charge in [0.1, 0.15) is 0 Å². The maximum Gasteiger partial charge on any atom is 0.256 e. The molecule has 0 N–H and O–H groups in total. The Labute approximate surface area is 155 Å². The first-order chi connectivity index (χ1) is 12.7. The second kappa shape index (κ2) is 7.96. The number of hydrogen-bond donors (Lipinski definition) is 0. The highest BCUT2D eigenvalue weighted by atomic mass is 16.2. The Hall–Kier alpha value is -2.94. The van der Waals surface area contributed by atoms with Crippen molar-refractivity contribution in [2.24, 2.45) is 0 Å². The van der Waals surface area contributed by atoms with E-state index >= 15 is 0 Å². The van der Waals surface area contributed by atoms with Crippen LogP contribution in [0.15, 0.2) is 66.9 Å². The van der Waals surface area contributed by atoms with Gasteiger partial charge in [0.15, 0.2) is 0 Å². The zero-order chi connectivity index (χ0) is 18.5. The predicted molar refractivity (Wildman–Crippen MR) is 107 cm³/mol. The summed E-state index contributed by atoms with van der Waals surface area (Å²) in [6.07, 6.45) is 1.76. The Morgan fingerprint density at radius 1 is 0.923 bits per heavy atom. The van der Waals surface area contributed by atoms with Gasteiger partial charge in [-0.15, -0.1) is 0 Å². The Kier molecular flexibility index (Phi) is 5.47. The zero-order valence-corrected chi connectivity index (χ0v) is 15.6. The molecule has 0 atom stereocenters. The maximum atomic E-state index is 13.0. The number of rotatable bonds is 5. The molecule has 0 aliphatic carbocycles. The van der Waals surface area contributed by atoms with Crippen molar-refractivity contribution in [2.45, 2.75) is 20.8 Å². The van der Waals surface area contributed by atoms with Crippen LogP contribution in [0.2, 0.25) is 0 Å². The molecule has 132 valence electrons. The summed E-state index contributed by atoms with van der Waals surface area (Å²) in [6, 6.07) is 20.2. The van der Waals surface area contributed by atoms with Gasteiger partial charge < -0.3 is 4.90 Å². The summed E-state index contributed by atoms with van der Waals surface area (Å²) in [4.78, 5) is 19.5. The van der Waals surface area contributed by atoms with E-state index in [4.69, 9.17) is 0 Å². The normalized spacial score (nSPS) is 10.6. The second-order valence-electron chi connectivity index (χ2n) is 6.24. The van der Waals surface area contributed by atoms with Gasteiger partial charge in [-0.25, -0.2) is 0 Å². The van der Waals surface area contributed by atoms with Crippen LogP contribution in [0.4, 0.5) is 0 Å². The molecule has 1 heterocycles. The summed E-state index contributed by atoms with van der Waals surface area (Å²) in [5.74, 6) is 0.0281. The van der Waals surface area contributed by atoms with Crippen molar-refractivity contribution in [3.05, 3.63) is 78.0 Å². The highest BCUT2D eigenvalue weighted by molar-refractivity contribution is 6.02. The van der Waals surface area contributed by atoms with Gasteiger partial charge in [0, 0.05) is 24.8 Å². The number of hydrogen-bond acceptors (Lipinski definition) is 2. The molecule has 3 rings (SSSR count). The van der Waals surface area contributed by atoms with Crippen LogP contribution in [-0.2, 0) is 0 Å². The lowest BCUT2D eigenvalue weighted by Gasteiger charge is -2.21. The number of aromatic nitrogens is 1. The van der Waals surface area contributed by atoms with Gasteiger partial charge in [0.05, 0.1) is 11.3 Å². The molecular formula is C23H24N2O. The van der Waals surface area contributed by atoms with E-state index < -0.39 is 0 Å². The lowest BCUT2D eigenvalue weighted by atomic mass is 9.91. The van der Waals surface area contributed by atoms with E-state index in [1.165, 1.54) is 0 Å². The van der Waals surface area contributed by atoms with E-state index in [0.717, 1.165) is 27.9 Å². The van der Waals surface area contributed by atoms with Gasteiger partial charge >= 0.3 is 0 Å². The molecule has 0 unspecified atom stereocenters. The largest absolute Gasteiger partial charge is 0.339 e. The molecule has 0 aliphatic rings. The number of nitrogens with zero attached hydrogens (tertiary/aromatic N) is 2. The topological polar surface area (TPSA) is 33.2 Å². The Morgan fingerprint density at radius 3 is 2.35 bits per heavy atom. The van der Waals surface area contributed by atoms with Gasteiger partial charge in [-0.05, 0) is 49.6 Å². The maximum absolute atomic E-state index is 13.0. The Bertz CT molecular complexity index is 899. The highest BCUT2D eigenvalue weighted by Crippen LogP contribution is 2.35. The van der Waals surface area contributed by atoms with Gasteiger partial charge in [0.2, 0.25) is 0 Å². The molecule has 0 saturated heterocycles. The number of amides is 1. The van der Waals surface area contributed by atoms with Crippen molar-refractivity contribution in [2.75, 3.05) is 13.1 Å². The average molecular weight is 344 g/mol. The molecule has 0 bridgehead atoms. The van der Waals surface area contributed by atoms with E-state index in [1.54, 1.807) is 6.20 Å². The minimum absolute atomic E-state index is 0.0281. The molecule has 0 radical (unpaired) electrons. The third kappa shape index (κ3) is 3.38. The first-order valence-corrected chi connectivity index (χ1v) is 9.07. The Morgan fingerprint density at radius 2 is 1.65 bits per heavy atom. The van der Waals surface area contributed by atoms with Crippen LogP contribution in [0, 0.1) is 6.92 Å². The van der Waals surface area contributed by atoms with Crippen LogP contribution in [0.1, 0.15) is 29.8 Å². The molecule has 0 saturated carbocycles. The van der Waals surface area contributed by atoms with Crippen LogP contribution >= 0.6 is 0 Å². The third-order valence-electron chi connectivity index (χ3n) is 4.68. The summed E-state index contributed by atoms with van der Waals surface area (Å²) >= 11 is 0. The first-order valence-electron chi connectivity index (χ1n) is 9.07. The van der Waals surface area contributed by atoms with Crippen LogP contribution < -0.4 is 0 Å². The van der Waals surface area contributed by atoms with Crippen LogP contribution in [0.3, 0.4) is 0 Å². The lowest BCUT2D eigenvalue weighted by molar-refractivity contribution is 0.0773. The first kappa shape index (κ1) is 17.9. The van der Waals surface area contributed by atoms with Gasteiger partial charge in [0.25, 0.3) is 5.91 Å². The van der Waals surface area contributed by atoms with E-state index in [9.17, 15) is 4.79 Å². The average Bonchev–Trinajstić information content (AvgIpc) is 2.69. The number of carbonyl (C=O) groups excluding carboxylic acids is 1. The SMILES string of the molecule is CCN(CC)C(=O)c1cccnc1-c1c(C)cccc1-c1ccccc1. The predicted octanol–water partition coefficient (Wildman–Crippen LogP) is 5.21. The zero-order valence-electron chi connectivity index (χ0n) is 15.6. The van der Waals surface area contributed by atoms with E-state index in [2.05, 4.69) is 42.2 Å². The molecule has 3 aromatic rings. The lowest BCUT2D eigenvalue weighted by Crippen LogP contribution is -2.31. The van der Waals surface area contributed by atoms with Crippen molar-refractivity contribution in [3.8, 4) is 22.4 Å². The molecule has 3 heteroatoms. The Balaban J connectivity index is 2.22. The van der Waals surface area contributed by atoms with Crippen LogP contribution in [0.5, 0.6) is 0 Å². The fourth-order valence-electron chi connectivity index (χ4n) is 3.30. The van der Waals surface area contributed by atoms with Crippen molar-refractivity contribution in [1.29, 1.82) is 0 Å². The van der Waals surface area contributed by atoms with Gasteiger partial charge in [-0.2, -0.15) is 0 Å². The monoisotopic (exact) mass is 344 g/mol. The van der Waals surface area contributed by atoms with Crippen molar-refractivity contribution < 1.29 is 4.79 Å². The minimum Gasteiger partial charge on any atom is -0.339 e. The fourth-order valence-corrected chi connectivity index (χ4v) is 3.30. The number of aryl methyl sites for hydroxylation is 1. The fraction of sp³-hybridized carbons (Fsp3) is 0.217. The van der Waals surface area contributed by atoms with Crippen molar-refractivity contribution in [3.63, 3.8) is 0 Å². The summed E-state index contributed by atoms with van der Waals surface area (Å²) in [7, 11) is 0. The smallest absolute Gasteiger partial charge is 0.256 e. The summed E-state index contributed by atoms with van der Waals surface area (Å²) < 4.78 is 0. The molecule has 1 amide bonds. The molecule has 3 nitrogen and oxygen atoms in total. The van der Waals surface area contributed by atoms with Crippen LogP contribution in [0.25, 0.3) is 22.4 Å². The standard InChI is InChI=1S/C23H24N2O/c1-4-25(5-2)23(26)20-15-10-16-24-22(20)21-17(3)11-9-14-19(21)18-12-7-6-8-13-18/h6-16H,4-5H2,1-3H3. The van der Waals surface area contributed by atoms with Crippen molar-refractivity contribution in [1.82, 2.24) is 9.88 Å². The summed E-state index contributed by atoms with van der Waals surface area (Å²) in [5.41, 5.74) is 5.76. The number of pyridine rings is 1. The van der Waals surface area contributed by atoms with Gasteiger partial charge in [-0.3, -0.25) is 9.78 Å². The van der Waals surface area contributed by atoms with E-state index in [-0.39, 0.29) is 5.91 Å². The number of benzene rings is 2. The quantitative estimate of drug-likeness (QED) is 0.637. The molecule has 0 aliphatic heterocycles. The summed E-state index contributed by atoms with van der Waals surface area (Å²) in [6.45, 7) is 7.44. The minimum atomic E-state index is 0.0281. The van der Waals surface area contributed by atoms with E-state index in [0.29, 0.717) is 18.7 Å². The third-order valence-corrected chi connectivity index (χ3v) is 4.68.